The summed E-state index contributed by atoms with van der Waals surface area (Å²) >= 11 is 1.59. The number of thioether (sulfide) groups is 1. The molecule has 49 heavy (non-hydrogen) atoms. The molecule has 1 aliphatic heterocycles. The predicted octanol–water partition coefficient (Wildman–Crippen LogP) is 4.10. The maximum absolute atomic E-state index is 14.4. The van der Waals surface area contributed by atoms with Crippen molar-refractivity contribution >= 4 is 35.2 Å². The average molecular weight is 689 g/mol. The number of ether oxygens (including phenoxy) is 3. The Bertz CT molecular complexity index is 1800. The van der Waals surface area contributed by atoms with Gasteiger partial charge in [-0.3, -0.25) is 19.2 Å². The second-order valence-corrected chi connectivity index (χ2v) is 13.1. The van der Waals surface area contributed by atoms with Crippen LogP contribution in [0.5, 0.6) is 17.2 Å². The van der Waals surface area contributed by atoms with E-state index >= 15 is 0 Å². The van der Waals surface area contributed by atoms with Gasteiger partial charge in [-0.1, -0.05) is 30.3 Å². The molecule has 3 N–H and O–H groups in total. The van der Waals surface area contributed by atoms with Gasteiger partial charge in [0.15, 0.2) is 11.5 Å². The molecule has 3 atom stereocenters. The number of hydrogen-bond donors (Lipinski definition) is 3. The number of carbonyl (C=O) groups is 3. The van der Waals surface area contributed by atoms with E-state index in [0.717, 1.165) is 22.3 Å². The maximum atomic E-state index is 14.4. The van der Waals surface area contributed by atoms with E-state index in [9.17, 15) is 19.2 Å². The first-order valence-corrected chi connectivity index (χ1v) is 17.7. The summed E-state index contributed by atoms with van der Waals surface area (Å²) in [6, 6.07) is 12.8. The number of benzene rings is 2. The van der Waals surface area contributed by atoms with Gasteiger partial charge in [0.1, 0.15) is 12.1 Å². The number of aryl methyl sites for hydroxylation is 1. The highest BCUT2D eigenvalue weighted by molar-refractivity contribution is 7.98. The van der Waals surface area contributed by atoms with E-state index in [1.807, 2.05) is 42.7 Å². The number of nitrogens with one attached hydrogen (secondary N) is 3. The summed E-state index contributed by atoms with van der Waals surface area (Å²) in [5, 5.41) is 9.02. The molecule has 0 unspecified atom stereocenters. The van der Waals surface area contributed by atoms with E-state index in [4.69, 9.17) is 14.2 Å². The van der Waals surface area contributed by atoms with Crippen LogP contribution < -0.4 is 35.6 Å². The molecule has 0 bridgehead atoms. The lowest BCUT2D eigenvalue weighted by atomic mass is 9.92. The highest BCUT2D eigenvalue weighted by Gasteiger charge is 2.37. The van der Waals surface area contributed by atoms with Crippen molar-refractivity contribution in [3.8, 4) is 28.4 Å². The maximum Gasteiger partial charge on any atom is 0.246 e. The van der Waals surface area contributed by atoms with Crippen molar-refractivity contribution in [2.24, 2.45) is 0 Å². The van der Waals surface area contributed by atoms with E-state index in [0.29, 0.717) is 59.8 Å². The SMILES string of the molecule is CNC(=O)[C@H]1Cc2ccccc2CN1C(=O)[C@@H](CCSC)Nc1ccc2c(cc1=O)[C@H](NC(C)=O)CCc1cc(OC)c(OC)c(OC)c1-2. The largest absolute Gasteiger partial charge is 0.493 e. The van der Waals surface area contributed by atoms with Crippen LogP contribution in [0.2, 0.25) is 0 Å². The zero-order chi connectivity index (χ0) is 35.2. The van der Waals surface area contributed by atoms with Gasteiger partial charge in [-0.25, -0.2) is 0 Å². The number of nitrogens with zero attached hydrogens (tertiary/aromatic N) is 1. The fourth-order valence-corrected chi connectivity index (χ4v) is 7.33. The average Bonchev–Trinajstić information content (AvgIpc) is 3.35. The normalized spacial score (nSPS) is 16.9. The molecule has 1 aliphatic carbocycles. The van der Waals surface area contributed by atoms with Crippen LogP contribution in [0, 0.1) is 0 Å². The molecule has 260 valence electrons. The van der Waals surface area contributed by atoms with Crippen LogP contribution in [0.25, 0.3) is 11.1 Å². The summed E-state index contributed by atoms with van der Waals surface area (Å²) in [6.45, 7) is 1.73. The van der Waals surface area contributed by atoms with Crippen molar-refractivity contribution in [1.29, 1.82) is 0 Å². The van der Waals surface area contributed by atoms with Gasteiger partial charge in [0.2, 0.25) is 28.9 Å². The summed E-state index contributed by atoms with van der Waals surface area (Å²) in [4.78, 5) is 55.5. The van der Waals surface area contributed by atoms with Gasteiger partial charge in [-0.2, -0.15) is 11.8 Å². The third-order valence-corrected chi connectivity index (χ3v) is 9.88. The number of likely N-dealkylation sites (N-methyl/N-ethyl adjacent to an activating group) is 1. The molecule has 0 saturated carbocycles. The second kappa shape index (κ2) is 15.7. The molecule has 0 spiro atoms. The van der Waals surface area contributed by atoms with Crippen LogP contribution in [0.4, 0.5) is 5.69 Å². The molecular formula is C37H44N4O7S. The first kappa shape index (κ1) is 35.6. The van der Waals surface area contributed by atoms with Gasteiger partial charge in [0.05, 0.1) is 33.1 Å². The van der Waals surface area contributed by atoms with E-state index in [2.05, 4.69) is 16.0 Å². The topological polar surface area (TPSA) is 135 Å². The minimum absolute atomic E-state index is 0.224. The van der Waals surface area contributed by atoms with Crippen LogP contribution in [0.3, 0.4) is 0 Å². The van der Waals surface area contributed by atoms with Gasteiger partial charge < -0.3 is 35.1 Å². The number of rotatable bonds is 11. The number of hydrogen-bond acceptors (Lipinski definition) is 9. The molecule has 12 heteroatoms. The highest BCUT2D eigenvalue weighted by atomic mass is 32.2. The third-order valence-electron chi connectivity index (χ3n) is 9.24. The van der Waals surface area contributed by atoms with Crippen molar-refractivity contribution in [3.05, 3.63) is 81.0 Å². The van der Waals surface area contributed by atoms with E-state index in [1.54, 1.807) is 44.0 Å². The summed E-state index contributed by atoms with van der Waals surface area (Å²) < 4.78 is 17.2. The van der Waals surface area contributed by atoms with Gasteiger partial charge in [-0.05, 0) is 77.3 Å². The first-order chi connectivity index (χ1) is 23.6. The van der Waals surface area contributed by atoms with Crippen LogP contribution >= 0.6 is 11.8 Å². The van der Waals surface area contributed by atoms with Crippen molar-refractivity contribution < 1.29 is 28.6 Å². The summed E-state index contributed by atoms with van der Waals surface area (Å²) in [7, 11) is 6.22. The van der Waals surface area contributed by atoms with Gasteiger partial charge in [0.25, 0.3) is 0 Å². The molecule has 3 aromatic carbocycles. The molecule has 5 rings (SSSR count). The Hall–Kier alpha value is -4.71. The number of carbonyl (C=O) groups excluding carboxylic acids is 3. The van der Waals surface area contributed by atoms with E-state index in [1.165, 1.54) is 20.1 Å². The van der Waals surface area contributed by atoms with Gasteiger partial charge in [-0.15, -0.1) is 0 Å². The Morgan fingerprint density at radius 2 is 1.71 bits per heavy atom. The zero-order valence-corrected chi connectivity index (χ0v) is 29.6. The minimum Gasteiger partial charge on any atom is -0.493 e. The number of anilines is 1. The van der Waals surface area contributed by atoms with Crippen LogP contribution in [-0.2, 0) is 33.8 Å². The minimum atomic E-state index is -0.780. The third kappa shape index (κ3) is 7.34. The molecule has 0 fully saturated rings. The molecule has 0 radical (unpaired) electrons. The summed E-state index contributed by atoms with van der Waals surface area (Å²) in [5.41, 5.74) is 4.87. The quantitative estimate of drug-likeness (QED) is 0.272. The predicted molar refractivity (Wildman–Crippen MR) is 192 cm³/mol. The Morgan fingerprint density at radius 1 is 0.980 bits per heavy atom. The molecule has 11 nitrogen and oxygen atoms in total. The lowest BCUT2D eigenvalue weighted by Gasteiger charge is -2.38. The van der Waals surface area contributed by atoms with Crippen molar-refractivity contribution in [2.75, 3.05) is 45.7 Å². The number of amides is 3. The lowest BCUT2D eigenvalue weighted by Crippen LogP contribution is -2.55. The van der Waals surface area contributed by atoms with Crippen LogP contribution in [0.1, 0.15) is 48.1 Å². The Labute approximate surface area is 291 Å². The van der Waals surface area contributed by atoms with Crippen molar-refractivity contribution in [2.45, 2.75) is 57.3 Å². The van der Waals surface area contributed by atoms with Crippen LogP contribution in [-0.4, -0.2) is 75.1 Å². The molecule has 1 heterocycles. The van der Waals surface area contributed by atoms with E-state index in [-0.39, 0.29) is 35.4 Å². The smallest absolute Gasteiger partial charge is 0.246 e. The Kier molecular flexibility index (Phi) is 11.4. The monoisotopic (exact) mass is 688 g/mol. The summed E-state index contributed by atoms with van der Waals surface area (Å²) in [5.74, 6) is 1.30. The lowest BCUT2D eigenvalue weighted by molar-refractivity contribution is -0.142. The molecule has 0 aromatic heterocycles. The second-order valence-electron chi connectivity index (χ2n) is 12.1. The molecule has 2 aliphatic rings. The molecular weight excluding hydrogens is 644 g/mol. The Morgan fingerprint density at radius 3 is 2.37 bits per heavy atom. The van der Waals surface area contributed by atoms with Crippen molar-refractivity contribution in [3.63, 3.8) is 0 Å². The van der Waals surface area contributed by atoms with Crippen LogP contribution in [0.15, 0.2) is 53.3 Å². The molecule has 0 saturated heterocycles. The Balaban J connectivity index is 1.61. The highest BCUT2D eigenvalue weighted by Crippen LogP contribution is 2.50. The van der Waals surface area contributed by atoms with Gasteiger partial charge >= 0.3 is 0 Å². The number of fused-ring (bicyclic) bond motifs is 4. The first-order valence-electron chi connectivity index (χ1n) is 16.3. The molecule has 3 amide bonds. The zero-order valence-electron chi connectivity index (χ0n) is 28.8. The fraction of sp³-hybridized carbons (Fsp3) is 0.405. The van der Waals surface area contributed by atoms with E-state index < -0.39 is 18.1 Å². The van der Waals surface area contributed by atoms with Crippen molar-refractivity contribution in [1.82, 2.24) is 15.5 Å². The summed E-state index contributed by atoms with van der Waals surface area (Å²) in [6.07, 6.45) is 3.89. The fourth-order valence-electron chi connectivity index (χ4n) is 6.86. The van der Waals surface area contributed by atoms with Gasteiger partial charge in [0, 0.05) is 32.5 Å². The standard InChI is InChI=1S/C37H44N4O7S/c1-21(42)39-27-13-11-23-18-32(46-3)34(47-4)35(48-5)33(23)25-12-14-28(31(43)19-26(25)27)40-29(15-16-49-6)37(45)41-20-24-10-8-7-9-22(24)17-30(41)36(44)38-2/h7-10,12,14,18-19,27,29-30H,11,13,15-17,20H2,1-6H3,(H,38,44)(H,39,42)(H,40,43)/t27-,29-,30-/m1/s1. The molecule has 3 aromatic rings. The number of methoxy groups -OCH3 is 3.